The molecule has 70 heavy (non-hydrogen) atoms. The molecule has 6 aromatic rings. The molecule has 0 saturated heterocycles. The predicted molar refractivity (Wildman–Crippen MR) is 284 cm³/mol. The lowest BCUT2D eigenvalue weighted by molar-refractivity contribution is 0.000253. The highest BCUT2D eigenvalue weighted by atomic mass is 16.5. The van der Waals surface area contributed by atoms with Crippen molar-refractivity contribution >= 4 is 35.2 Å². The SMILES string of the molecule is CCN(CC)c1ccc(C=NN=C2c3ccccc3-c3ccccc32)c(OCC(O)COCCCCOCC(O)COc2cc(N(CC)CC)ccc2C=NN=C2c3ccccc3-c3ccccc32)c1. The molecule has 0 aliphatic heterocycles. The van der Waals surface area contributed by atoms with Crippen molar-refractivity contribution in [1.29, 1.82) is 0 Å². The van der Waals surface area contributed by atoms with Crippen LogP contribution in [0.4, 0.5) is 11.4 Å². The summed E-state index contributed by atoms with van der Waals surface area (Å²) >= 11 is 0. The number of rotatable bonds is 25. The molecule has 8 rings (SSSR count). The first-order valence-electron chi connectivity index (χ1n) is 24.6. The number of unbranched alkanes of at least 4 members (excludes halogenated alkanes) is 1. The number of nitrogens with zero attached hydrogens (tertiary/aromatic N) is 6. The summed E-state index contributed by atoms with van der Waals surface area (Å²) in [5.41, 5.74) is 14.1. The maximum atomic E-state index is 10.9. The predicted octanol–water partition coefficient (Wildman–Crippen LogP) is 10.1. The van der Waals surface area contributed by atoms with E-state index in [4.69, 9.17) is 18.9 Å². The molecule has 2 N–H and O–H groups in total. The van der Waals surface area contributed by atoms with Crippen LogP contribution >= 0.6 is 0 Å². The Hall–Kier alpha value is -6.96. The summed E-state index contributed by atoms with van der Waals surface area (Å²) in [5.74, 6) is 1.21. The van der Waals surface area contributed by atoms with E-state index < -0.39 is 12.2 Å². The molecule has 0 radical (unpaired) electrons. The van der Waals surface area contributed by atoms with Gasteiger partial charge in [0.05, 0.1) is 25.6 Å². The second-order valence-corrected chi connectivity index (χ2v) is 17.1. The molecule has 12 heteroatoms. The number of hydrogen-bond donors (Lipinski definition) is 2. The first-order chi connectivity index (χ1) is 34.4. The lowest BCUT2D eigenvalue weighted by Gasteiger charge is -2.22. The molecule has 0 spiro atoms. The highest BCUT2D eigenvalue weighted by molar-refractivity contribution is 6.25. The maximum Gasteiger partial charge on any atom is 0.130 e. The van der Waals surface area contributed by atoms with E-state index in [0.29, 0.717) is 24.7 Å². The molecule has 0 bridgehead atoms. The lowest BCUT2D eigenvalue weighted by atomic mass is 10.1. The molecule has 6 aromatic carbocycles. The Balaban J connectivity index is 0.783. The summed E-state index contributed by atoms with van der Waals surface area (Å²) in [4.78, 5) is 4.48. The quantitative estimate of drug-likeness (QED) is 0.0329. The van der Waals surface area contributed by atoms with Gasteiger partial charge in [0, 0.05) is 96.3 Å². The van der Waals surface area contributed by atoms with Crippen molar-refractivity contribution in [2.45, 2.75) is 52.7 Å². The Bertz CT molecular complexity index is 2530. The molecule has 0 heterocycles. The standard InChI is InChI=1S/C58H64N6O6/c1-5-63(6-2)43-29-27-41(35-59-61-57-51-23-13-9-19-47(51)48-20-10-14-24-52(48)57)55(33-43)69-39-45(65)37-67-31-17-18-32-68-38-46(66)40-70-56-34-44(64(7-3)8-4)30-28-42(56)36-60-62-58-53-25-15-11-21-49(53)50-22-12-16-26-54(50)58/h9-16,19-30,33-36,45-46,65-66H,5-8,17-18,31-32,37-40H2,1-4H3. The van der Waals surface area contributed by atoms with Gasteiger partial charge in [-0.15, -0.1) is 10.2 Å². The Morgan fingerprint density at radius 1 is 0.443 bits per heavy atom. The fraction of sp³-hybridized carbons (Fsp3) is 0.310. The van der Waals surface area contributed by atoms with Gasteiger partial charge in [-0.2, -0.15) is 10.2 Å². The van der Waals surface area contributed by atoms with Crippen molar-refractivity contribution in [3.05, 3.63) is 167 Å². The Labute approximate surface area is 412 Å². The van der Waals surface area contributed by atoms with Crippen LogP contribution in [0.1, 0.15) is 73.9 Å². The van der Waals surface area contributed by atoms with Crippen LogP contribution in [0.5, 0.6) is 11.5 Å². The topological polar surface area (TPSA) is 133 Å². The molecule has 0 saturated carbocycles. The van der Waals surface area contributed by atoms with Gasteiger partial charge in [0.15, 0.2) is 0 Å². The second-order valence-electron chi connectivity index (χ2n) is 17.1. The second kappa shape index (κ2) is 24.5. The molecular formula is C58H64N6O6. The van der Waals surface area contributed by atoms with Crippen LogP contribution in [0, 0.1) is 0 Å². The van der Waals surface area contributed by atoms with Crippen molar-refractivity contribution in [2.75, 3.05) is 75.6 Å². The Kier molecular flexibility index (Phi) is 17.3. The van der Waals surface area contributed by atoms with Crippen molar-refractivity contribution < 1.29 is 29.2 Å². The summed E-state index contributed by atoms with van der Waals surface area (Å²) in [5, 5.41) is 40.2. The molecule has 12 nitrogen and oxygen atoms in total. The normalized spacial score (nSPS) is 13.2. The number of aliphatic hydroxyl groups excluding tert-OH is 2. The Morgan fingerprint density at radius 3 is 1.10 bits per heavy atom. The summed E-state index contributed by atoms with van der Waals surface area (Å²) < 4.78 is 24.1. The number of aliphatic hydroxyl groups is 2. The van der Waals surface area contributed by atoms with Gasteiger partial charge in [-0.05, 0) is 87.1 Å². The van der Waals surface area contributed by atoms with Crippen molar-refractivity contribution in [2.24, 2.45) is 20.4 Å². The number of fused-ring (bicyclic) bond motifs is 6. The van der Waals surface area contributed by atoms with Crippen molar-refractivity contribution in [3.8, 4) is 33.8 Å². The zero-order chi connectivity index (χ0) is 48.7. The molecule has 2 aliphatic rings. The van der Waals surface area contributed by atoms with E-state index in [-0.39, 0.29) is 26.4 Å². The van der Waals surface area contributed by atoms with E-state index in [1.165, 1.54) is 0 Å². The average molecular weight is 941 g/mol. The maximum absolute atomic E-state index is 10.9. The molecule has 0 amide bonds. The first-order valence-corrected chi connectivity index (χ1v) is 24.6. The average Bonchev–Trinajstić information content (AvgIpc) is 3.89. The van der Waals surface area contributed by atoms with Gasteiger partial charge in [0.2, 0.25) is 0 Å². The number of ether oxygens (including phenoxy) is 4. The van der Waals surface area contributed by atoms with Crippen molar-refractivity contribution in [3.63, 3.8) is 0 Å². The Morgan fingerprint density at radius 2 is 0.771 bits per heavy atom. The number of hydrogen-bond acceptors (Lipinski definition) is 12. The summed E-state index contributed by atoms with van der Waals surface area (Å²) in [7, 11) is 0. The molecule has 0 aromatic heterocycles. The van der Waals surface area contributed by atoms with E-state index in [9.17, 15) is 10.2 Å². The van der Waals surface area contributed by atoms with Crippen LogP contribution < -0.4 is 19.3 Å². The van der Waals surface area contributed by atoms with Crippen LogP contribution in [0.15, 0.2) is 154 Å². The van der Waals surface area contributed by atoms with Gasteiger partial charge in [-0.1, -0.05) is 97.1 Å². The zero-order valence-electron chi connectivity index (χ0n) is 40.7. The van der Waals surface area contributed by atoms with E-state index in [2.05, 4.69) is 119 Å². The molecule has 2 aliphatic carbocycles. The van der Waals surface area contributed by atoms with Gasteiger partial charge >= 0.3 is 0 Å². The van der Waals surface area contributed by atoms with Crippen LogP contribution in [0.2, 0.25) is 0 Å². The summed E-state index contributed by atoms with van der Waals surface area (Å²) in [6.07, 6.45) is 3.20. The number of anilines is 2. The van der Waals surface area contributed by atoms with Gasteiger partial charge in [0.25, 0.3) is 0 Å². The van der Waals surface area contributed by atoms with E-state index >= 15 is 0 Å². The summed E-state index contributed by atoms with van der Waals surface area (Å²) in [6, 6.07) is 45.0. The smallest absolute Gasteiger partial charge is 0.130 e. The fourth-order valence-corrected chi connectivity index (χ4v) is 8.90. The highest BCUT2D eigenvalue weighted by Gasteiger charge is 2.25. The molecule has 0 fully saturated rings. The molecule has 2 atom stereocenters. The van der Waals surface area contributed by atoms with Crippen LogP contribution in [0.3, 0.4) is 0 Å². The summed E-state index contributed by atoms with van der Waals surface area (Å²) in [6.45, 7) is 13.1. The van der Waals surface area contributed by atoms with Gasteiger partial charge < -0.3 is 39.0 Å². The largest absolute Gasteiger partial charge is 0.490 e. The van der Waals surface area contributed by atoms with E-state index in [1.807, 2.05) is 72.8 Å². The van der Waals surface area contributed by atoms with E-state index in [0.717, 1.165) is 117 Å². The third kappa shape index (κ3) is 11.9. The fourth-order valence-electron chi connectivity index (χ4n) is 8.90. The lowest BCUT2D eigenvalue weighted by Crippen LogP contribution is -2.25. The molecular weight excluding hydrogens is 877 g/mol. The van der Waals surface area contributed by atoms with Crippen LogP contribution in [-0.2, 0) is 9.47 Å². The zero-order valence-corrected chi connectivity index (χ0v) is 40.7. The minimum atomic E-state index is -0.838. The van der Waals surface area contributed by atoms with Gasteiger partial charge in [-0.25, -0.2) is 0 Å². The first kappa shape index (κ1) is 49.5. The minimum Gasteiger partial charge on any atom is -0.490 e. The number of benzene rings is 6. The highest BCUT2D eigenvalue weighted by Crippen LogP contribution is 2.38. The van der Waals surface area contributed by atoms with Crippen LogP contribution in [0.25, 0.3) is 22.3 Å². The van der Waals surface area contributed by atoms with E-state index in [1.54, 1.807) is 12.4 Å². The monoisotopic (exact) mass is 940 g/mol. The van der Waals surface area contributed by atoms with Crippen molar-refractivity contribution in [1.82, 2.24) is 0 Å². The molecule has 362 valence electrons. The van der Waals surface area contributed by atoms with Crippen LogP contribution in [-0.4, -0.2) is 112 Å². The molecule has 2 unspecified atom stereocenters. The van der Waals surface area contributed by atoms with Gasteiger partial charge in [0.1, 0.15) is 48.3 Å². The minimum absolute atomic E-state index is 0.0494. The third-order valence-corrected chi connectivity index (χ3v) is 12.6. The van der Waals surface area contributed by atoms with Gasteiger partial charge in [-0.3, -0.25) is 0 Å². The third-order valence-electron chi connectivity index (χ3n) is 12.6.